The van der Waals surface area contributed by atoms with Crippen LogP contribution in [-0.2, 0) is 13.0 Å². The van der Waals surface area contributed by atoms with Crippen molar-refractivity contribution < 1.29 is 14.3 Å². The molecule has 1 N–H and O–H groups in total. The van der Waals surface area contributed by atoms with Crippen molar-refractivity contribution in [2.24, 2.45) is 0 Å². The van der Waals surface area contributed by atoms with E-state index in [0.717, 1.165) is 17.7 Å². The predicted octanol–water partition coefficient (Wildman–Crippen LogP) is 3.14. The van der Waals surface area contributed by atoms with Crippen LogP contribution in [0.1, 0.15) is 22.7 Å². The van der Waals surface area contributed by atoms with Gasteiger partial charge in [-0.05, 0) is 66.2 Å². The van der Waals surface area contributed by atoms with E-state index in [1.165, 1.54) is 11.1 Å². The summed E-state index contributed by atoms with van der Waals surface area (Å²) in [6.45, 7) is 1.85. The first kappa shape index (κ1) is 19.5. The Morgan fingerprint density at radius 1 is 1.26 bits per heavy atom. The number of fused-ring (bicyclic) bond motifs is 1. The zero-order chi connectivity index (χ0) is 19.4. The van der Waals surface area contributed by atoms with Gasteiger partial charge in [0.05, 0.1) is 20.3 Å². The number of methoxy groups -OCH3 is 2. The van der Waals surface area contributed by atoms with Crippen molar-refractivity contribution >= 4 is 17.4 Å². The molecular formula is C20H27N3O3S. The number of rotatable bonds is 6. The number of hydrogen-bond donors (Lipinski definition) is 1. The van der Waals surface area contributed by atoms with Crippen LogP contribution < -0.4 is 14.8 Å². The molecule has 0 radical (unpaired) electrons. The van der Waals surface area contributed by atoms with Gasteiger partial charge in [0.2, 0.25) is 0 Å². The van der Waals surface area contributed by atoms with E-state index in [1.807, 2.05) is 31.1 Å². The number of nitrogens with one attached hydrogen (secondary N) is 1. The predicted molar refractivity (Wildman–Crippen MR) is 108 cm³/mol. The van der Waals surface area contributed by atoms with Crippen LogP contribution >= 0.6 is 11.3 Å². The first-order valence-electron chi connectivity index (χ1n) is 8.98. The summed E-state index contributed by atoms with van der Waals surface area (Å²) in [6, 6.07) is 6.24. The fourth-order valence-corrected chi connectivity index (χ4v) is 4.12. The van der Waals surface area contributed by atoms with Crippen LogP contribution in [-0.4, -0.2) is 57.2 Å². The molecule has 1 atom stereocenters. The lowest BCUT2D eigenvalue weighted by Crippen LogP contribution is -2.45. The molecule has 2 amide bonds. The second kappa shape index (κ2) is 8.63. The Morgan fingerprint density at radius 2 is 1.96 bits per heavy atom. The van der Waals surface area contributed by atoms with Crippen LogP contribution in [0.2, 0.25) is 0 Å². The molecule has 1 aliphatic rings. The van der Waals surface area contributed by atoms with E-state index in [9.17, 15) is 4.79 Å². The number of ether oxygens (including phenoxy) is 2. The molecule has 6 nitrogen and oxygen atoms in total. The van der Waals surface area contributed by atoms with Crippen LogP contribution in [0, 0.1) is 0 Å². The zero-order valence-corrected chi connectivity index (χ0v) is 17.1. The lowest BCUT2D eigenvalue weighted by Gasteiger charge is -2.31. The Kier molecular flexibility index (Phi) is 6.23. The summed E-state index contributed by atoms with van der Waals surface area (Å²) in [4.78, 5) is 16.7. The van der Waals surface area contributed by atoms with E-state index in [4.69, 9.17) is 9.47 Å². The molecule has 1 aromatic carbocycles. The highest BCUT2D eigenvalue weighted by Gasteiger charge is 2.24. The monoisotopic (exact) mass is 389 g/mol. The fraction of sp³-hybridized carbons (Fsp3) is 0.450. The highest BCUT2D eigenvalue weighted by molar-refractivity contribution is 7.07. The van der Waals surface area contributed by atoms with Crippen molar-refractivity contribution in [3.63, 3.8) is 0 Å². The Bertz CT molecular complexity index is 777. The third-order valence-corrected chi connectivity index (χ3v) is 5.70. The molecule has 0 aliphatic carbocycles. The van der Waals surface area contributed by atoms with Gasteiger partial charge in [0.1, 0.15) is 0 Å². The van der Waals surface area contributed by atoms with Crippen LogP contribution in [0.3, 0.4) is 0 Å². The summed E-state index contributed by atoms with van der Waals surface area (Å²) in [5.74, 6) is 1.43. The van der Waals surface area contributed by atoms with Crippen LogP contribution in [0.15, 0.2) is 29.0 Å². The standard InChI is InChI=1S/C20H27N3O3S/c1-22(2)17(15-6-8-27-13-15)11-21-20(24)23-7-5-14-9-18(25-3)19(26-4)10-16(14)12-23/h6,8-10,13,17H,5,7,11-12H2,1-4H3,(H,21,24). The molecule has 7 heteroatoms. The Labute approximate surface area is 164 Å². The minimum Gasteiger partial charge on any atom is -0.493 e. The molecular weight excluding hydrogens is 362 g/mol. The van der Waals surface area contributed by atoms with Gasteiger partial charge < -0.3 is 24.6 Å². The number of carbonyl (C=O) groups is 1. The summed E-state index contributed by atoms with van der Waals surface area (Å²) in [7, 11) is 7.33. The van der Waals surface area contributed by atoms with E-state index in [2.05, 4.69) is 27.0 Å². The Balaban J connectivity index is 1.65. The quantitative estimate of drug-likeness (QED) is 0.825. The molecule has 27 heavy (non-hydrogen) atoms. The lowest BCUT2D eigenvalue weighted by atomic mass is 9.99. The van der Waals surface area contributed by atoms with Gasteiger partial charge in [0.25, 0.3) is 0 Å². The van der Waals surface area contributed by atoms with Gasteiger partial charge in [-0.3, -0.25) is 0 Å². The average molecular weight is 390 g/mol. The molecule has 0 saturated carbocycles. The number of urea groups is 1. The van der Waals surface area contributed by atoms with Crippen LogP contribution in [0.25, 0.3) is 0 Å². The minimum absolute atomic E-state index is 0.0301. The topological polar surface area (TPSA) is 54.0 Å². The maximum absolute atomic E-state index is 12.7. The van der Waals surface area contributed by atoms with Crippen molar-refractivity contribution in [3.05, 3.63) is 45.6 Å². The van der Waals surface area contributed by atoms with Crippen molar-refractivity contribution in [2.75, 3.05) is 41.4 Å². The third-order valence-electron chi connectivity index (χ3n) is 5.00. The third kappa shape index (κ3) is 4.36. The molecule has 1 aliphatic heterocycles. The first-order valence-corrected chi connectivity index (χ1v) is 9.92. The van der Waals surface area contributed by atoms with Crippen molar-refractivity contribution in [1.29, 1.82) is 0 Å². The van der Waals surface area contributed by atoms with Crippen molar-refractivity contribution in [2.45, 2.75) is 19.0 Å². The van der Waals surface area contributed by atoms with Gasteiger partial charge >= 0.3 is 6.03 Å². The van der Waals surface area contributed by atoms with Crippen molar-refractivity contribution in [3.8, 4) is 11.5 Å². The summed E-state index contributed by atoms with van der Waals surface area (Å²) < 4.78 is 10.8. The Hall–Kier alpha value is -2.25. The zero-order valence-electron chi connectivity index (χ0n) is 16.3. The fourth-order valence-electron chi connectivity index (χ4n) is 3.42. The second-order valence-corrected chi connectivity index (χ2v) is 7.65. The molecule has 2 aromatic rings. The van der Waals surface area contributed by atoms with Gasteiger partial charge in [-0.15, -0.1) is 0 Å². The molecule has 0 fully saturated rings. The maximum Gasteiger partial charge on any atom is 0.317 e. The van der Waals surface area contributed by atoms with Gasteiger partial charge in [-0.1, -0.05) is 0 Å². The SMILES string of the molecule is COc1cc2c(cc1OC)CN(C(=O)NCC(c1ccsc1)N(C)C)CC2. The van der Waals surface area contributed by atoms with E-state index >= 15 is 0 Å². The molecule has 3 rings (SSSR count). The van der Waals surface area contributed by atoms with Crippen LogP contribution in [0.5, 0.6) is 11.5 Å². The number of likely N-dealkylation sites (N-methyl/N-ethyl adjacent to an activating group) is 1. The van der Waals surface area contributed by atoms with Gasteiger partial charge in [0.15, 0.2) is 11.5 Å². The summed E-state index contributed by atoms with van der Waals surface area (Å²) >= 11 is 1.67. The van der Waals surface area contributed by atoms with E-state index in [1.54, 1.807) is 25.6 Å². The normalized spacial score (nSPS) is 14.6. The molecule has 1 aromatic heterocycles. The average Bonchev–Trinajstić information content (AvgIpc) is 3.20. The smallest absolute Gasteiger partial charge is 0.317 e. The molecule has 0 spiro atoms. The van der Waals surface area contributed by atoms with Gasteiger partial charge in [0, 0.05) is 19.6 Å². The number of nitrogens with zero attached hydrogens (tertiary/aromatic N) is 2. The Morgan fingerprint density at radius 3 is 2.56 bits per heavy atom. The minimum atomic E-state index is -0.0301. The largest absolute Gasteiger partial charge is 0.493 e. The second-order valence-electron chi connectivity index (χ2n) is 6.87. The van der Waals surface area contributed by atoms with E-state index in [0.29, 0.717) is 25.4 Å². The molecule has 1 unspecified atom stereocenters. The highest BCUT2D eigenvalue weighted by atomic mass is 32.1. The maximum atomic E-state index is 12.7. The van der Waals surface area contributed by atoms with E-state index in [-0.39, 0.29) is 12.1 Å². The summed E-state index contributed by atoms with van der Waals surface area (Å²) in [6.07, 6.45) is 0.810. The number of thiophene rings is 1. The first-order chi connectivity index (χ1) is 13.0. The summed E-state index contributed by atoms with van der Waals surface area (Å²) in [5.41, 5.74) is 3.54. The molecule has 146 valence electrons. The summed E-state index contributed by atoms with van der Waals surface area (Å²) in [5, 5.41) is 7.30. The van der Waals surface area contributed by atoms with E-state index < -0.39 is 0 Å². The molecule has 0 bridgehead atoms. The molecule has 0 saturated heterocycles. The molecule has 2 heterocycles. The number of benzene rings is 1. The number of amides is 2. The van der Waals surface area contributed by atoms with Gasteiger partial charge in [-0.2, -0.15) is 11.3 Å². The van der Waals surface area contributed by atoms with Crippen molar-refractivity contribution in [1.82, 2.24) is 15.1 Å². The number of carbonyl (C=O) groups excluding carboxylic acids is 1. The highest BCUT2D eigenvalue weighted by Crippen LogP contribution is 2.33. The lowest BCUT2D eigenvalue weighted by molar-refractivity contribution is 0.187. The van der Waals surface area contributed by atoms with Gasteiger partial charge in [-0.25, -0.2) is 4.79 Å². The number of hydrogen-bond acceptors (Lipinski definition) is 5. The van der Waals surface area contributed by atoms with Crippen LogP contribution in [0.4, 0.5) is 4.79 Å².